The summed E-state index contributed by atoms with van der Waals surface area (Å²) in [7, 11) is 0. The molecule has 1 aromatic carbocycles. The molecule has 0 radical (unpaired) electrons. The van der Waals surface area contributed by atoms with Gasteiger partial charge in [-0.2, -0.15) is 13.2 Å². The van der Waals surface area contributed by atoms with E-state index in [2.05, 4.69) is 36.0 Å². The second-order valence-electron chi connectivity index (χ2n) is 8.78. The molecule has 1 saturated heterocycles. The number of nitrogens with zero attached hydrogens (tertiary/aromatic N) is 6. The predicted octanol–water partition coefficient (Wildman–Crippen LogP) is 4.77. The Labute approximate surface area is 207 Å². The molecule has 0 spiro atoms. The fraction of sp³-hybridized carbons (Fsp3) is 0.455. The van der Waals surface area contributed by atoms with Crippen LogP contribution in [0.3, 0.4) is 0 Å². The summed E-state index contributed by atoms with van der Waals surface area (Å²) < 4.78 is 41.3. The number of piperidine rings is 1. The van der Waals surface area contributed by atoms with Crippen molar-refractivity contribution >= 4 is 50.0 Å². The maximum absolute atomic E-state index is 13.3. The van der Waals surface area contributed by atoms with E-state index in [0.29, 0.717) is 24.5 Å². The van der Waals surface area contributed by atoms with Gasteiger partial charge in [-0.1, -0.05) is 34.5 Å². The van der Waals surface area contributed by atoms with E-state index in [1.807, 2.05) is 25.1 Å². The average Bonchev–Trinajstić information content (AvgIpc) is 3.22. The summed E-state index contributed by atoms with van der Waals surface area (Å²) in [6, 6.07) is 5.87. The number of fused-ring (bicyclic) bond motifs is 2. The molecular weight excluding hydrogens is 537 g/mol. The first-order chi connectivity index (χ1) is 16.1. The second kappa shape index (κ2) is 8.67. The molecule has 1 amide bonds. The predicted molar refractivity (Wildman–Crippen MR) is 124 cm³/mol. The molecule has 0 aliphatic carbocycles. The highest BCUT2D eigenvalue weighted by Gasteiger charge is 2.41. The van der Waals surface area contributed by atoms with Crippen molar-refractivity contribution in [2.45, 2.75) is 32.6 Å². The van der Waals surface area contributed by atoms with E-state index in [1.54, 1.807) is 11.1 Å². The van der Waals surface area contributed by atoms with E-state index in [4.69, 9.17) is 11.6 Å². The molecule has 2 aliphatic heterocycles. The Bertz CT molecular complexity index is 1270. The highest BCUT2D eigenvalue weighted by atomic mass is 79.9. The lowest BCUT2D eigenvalue weighted by Crippen LogP contribution is -2.49. The van der Waals surface area contributed by atoms with Gasteiger partial charge < -0.3 is 14.4 Å². The van der Waals surface area contributed by atoms with Gasteiger partial charge in [0.1, 0.15) is 0 Å². The van der Waals surface area contributed by atoms with E-state index in [0.717, 1.165) is 25.6 Å². The summed E-state index contributed by atoms with van der Waals surface area (Å²) in [6.45, 7) is 3.56. The van der Waals surface area contributed by atoms with E-state index in [9.17, 15) is 18.0 Å². The van der Waals surface area contributed by atoms with Crippen molar-refractivity contribution < 1.29 is 18.0 Å². The van der Waals surface area contributed by atoms with Crippen molar-refractivity contribution in [2.24, 2.45) is 11.8 Å². The lowest BCUT2D eigenvalue weighted by atomic mass is 9.85. The normalized spacial score (nSPS) is 21.1. The van der Waals surface area contributed by atoms with Gasteiger partial charge in [-0.25, -0.2) is 0 Å². The summed E-state index contributed by atoms with van der Waals surface area (Å²) in [4.78, 5) is 21.5. The van der Waals surface area contributed by atoms with Crippen LogP contribution in [-0.4, -0.2) is 50.2 Å². The summed E-state index contributed by atoms with van der Waals surface area (Å²) >= 11 is 10.0. The van der Waals surface area contributed by atoms with E-state index < -0.39 is 12.0 Å². The van der Waals surface area contributed by atoms with E-state index >= 15 is 0 Å². The van der Waals surface area contributed by atoms with Gasteiger partial charge in [0.25, 0.3) is 0 Å². The summed E-state index contributed by atoms with van der Waals surface area (Å²) in [5.41, 5.74) is 1.73. The van der Waals surface area contributed by atoms with Crippen molar-refractivity contribution in [3.63, 3.8) is 0 Å². The van der Waals surface area contributed by atoms with Crippen LogP contribution in [0.5, 0.6) is 0 Å². The van der Waals surface area contributed by atoms with Gasteiger partial charge in [0.05, 0.1) is 22.8 Å². The van der Waals surface area contributed by atoms with Gasteiger partial charge in [-0.3, -0.25) is 9.78 Å². The third-order valence-electron chi connectivity index (χ3n) is 6.62. The third kappa shape index (κ3) is 4.13. The number of anilines is 1. The van der Waals surface area contributed by atoms with Crippen molar-refractivity contribution in [3.8, 4) is 0 Å². The van der Waals surface area contributed by atoms with Gasteiger partial charge in [0, 0.05) is 48.2 Å². The number of pyridine rings is 1. The molecule has 0 N–H and O–H groups in total. The van der Waals surface area contributed by atoms with Crippen LogP contribution in [0.4, 0.5) is 18.9 Å². The van der Waals surface area contributed by atoms with Gasteiger partial charge in [0.15, 0.2) is 5.82 Å². The standard InChI is InChI=1S/C22H21BrClF3N6O/c1-12-10-31(19-15-3-2-13(23)8-17(15)28-9-16(19)24)5-4-14(12)20(34)32-6-7-33-18(11-32)29-30-21(33)22(25,26)27/h2-3,8-9,12,14H,4-7,10-11H2,1H3/t12-,14+/m1/s1. The Kier molecular flexibility index (Phi) is 5.96. The first kappa shape index (κ1) is 23.3. The van der Waals surface area contributed by atoms with Crippen molar-refractivity contribution in [1.29, 1.82) is 0 Å². The molecule has 2 aliphatic rings. The van der Waals surface area contributed by atoms with E-state index in [1.165, 1.54) is 0 Å². The molecular formula is C22H21BrClF3N6O. The minimum Gasteiger partial charge on any atom is -0.369 e. The van der Waals surface area contributed by atoms with Gasteiger partial charge in [-0.15, -0.1) is 10.2 Å². The van der Waals surface area contributed by atoms with Crippen LogP contribution in [0.1, 0.15) is 25.0 Å². The number of carbonyl (C=O) groups is 1. The van der Waals surface area contributed by atoms with Crippen LogP contribution in [0, 0.1) is 11.8 Å². The first-order valence-electron chi connectivity index (χ1n) is 10.9. The number of benzene rings is 1. The number of rotatable bonds is 2. The molecule has 0 unspecified atom stereocenters. The van der Waals surface area contributed by atoms with Crippen molar-refractivity contribution in [1.82, 2.24) is 24.6 Å². The largest absolute Gasteiger partial charge is 0.451 e. The Balaban J connectivity index is 1.32. The highest BCUT2D eigenvalue weighted by molar-refractivity contribution is 9.10. The topological polar surface area (TPSA) is 67.2 Å². The zero-order chi connectivity index (χ0) is 24.2. The van der Waals surface area contributed by atoms with Crippen LogP contribution in [0.15, 0.2) is 28.9 Å². The Morgan fingerprint density at radius 1 is 1.21 bits per heavy atom. The van der Waals surface area contributed by atoms with Gasteiger partial charge >= 0.3 is 6.18 Å². The van der Waals surface area contributed by atoms with Crippen molar-refractivity contribution in [2.75, 3.05) is 24.5 Å². The smallest absolute Gasteiger partial charge is 0.369 e. The molecule has 7 nitrogen and oxygen atoms in total. The number of hydrogen-bond donors (Lipinski definition) is 0. The van der Waals surface area contributed by atoms with Crippen LogP contribution in [0.25, 0.3) is 10.9 Å². The quantitative estimate of drug-likeness (QED) is 0.454. The molecule has 5 rings (SSSR count). The minimum absolute atomic E-state index is 0.0292. The fourth-order valence-electron chi connectivity index (χ4n) is 4.95. The van der Waals surface area contributed by atoms with E-state index in [-0.39, 0.29) is 43.2 Å². The number of carbonyl (C=O) groups excluding carboxylic acids is 1. The average molecular weight is 558 g/mol. The fourth-order valence-corrected chi connectivity index (χ4v) is 5.57. The van der Waals surface area contributed by atoms with Crippen LogP contribution >= 0.6 is 27.5 Å². The summed E-state index contributed by atoms with van der Waals surface area (Å²) in [6.07, 6.45) is -2.30. The SMILES string of the molecule is C[C@@H]1CN(c2c(Cl)cnc3cc(Br)ccc23)CC[C@@H]1C(=O)N1CCn2c(nnc2C(F)(F)F)C1. The molecule has 12 heteroatoms. The molecule has 34 heavy (non-hydrogen) atoms. The molecule has 2 aromatic heterocycles. The number of hydrogen-bond acceptors (Lipinski definition) is 5. The number of amides is 1. The number of aromatic nitrogens is 4. The maximum Gasteiger partial charge on any atom is 0.451 e. The van der Waals surface area contributed by atoms with Crippen LogP contribution in [-0.2, 0) is 24.1 Å². The lowest BCUT2D eigenvalue weighted by molar-refractivity contribution is -0.148. The van der Waals surface area contributed by atoms with Gasteiger partial charge in [0.2, 0.25) is 11.7 Å². The maximum atomic E-state index is 13.3. The molecule has 3 aromatic rings. The monoisotopic (exact) mass is 556 g/mol. The molecule has 4 heterocycles. The molecule has 0 bridgehead atoms. The minimum atomic E-state index is -4.56. The Morgan fingerprint density at radius 3 is 2.74 bits per heavy atom. The Hall–Kier alpha value is -2.40. The zero-order valence-corrected chi connectivity index (χ0v) is 20.5. The highest BCUT2D eigenvalue weighted by Crippen LogP contribution is 2.38. The summed E-state index contributed by atoms with van der Waals surface area (Å²) in [5, 5.41) is 8.48. The zero-order valence-electron chi connectivity index (χ0n) is 18.2. The lowest BCUT2D eigenvalue weighted by Gasteiger charge is -2.40. The van der Waals surface area contributed by atoms with Gasteiger partial charge in [-0.05, 0) is 30.5 Å². The molecule has 0 saturated carbocycles. The second-order valence-corrected chi connectivity index (χ2v) is 10.1. The molecule has 2 atom stereocenters. The first-order valence-corrected chi connectivity index (χ1v) is 12.1. The van der Waals surface area contributed by atoms with Crippen LogP contribution in [0.2, 0.25) is 5.02 Å². The number of halogens is 5. The molecule has 1 fully saturated rings. The Morgan fingerprint density at radius 2 is 2.00 bits per heavy atom. The van der Waals surface area contributed by atoms with Crippen LogP contribution < -0.4 is 4.90 Å². The summed E-state index contributed by atoms with van der Waals surface area (Å²) in [5.74, 6) is -1.09. The van der Waals surface area contributed by atoms with Crippen molar-refractivity contribution in [3.05, 3.63) is 45.5 Å². The molecule has 180 valence electrons. The third-order valence-corrected chi connectivity index (χ3v) is 7.39. The number of alkyl halides is 3.